The zero-order chi connectivity index (χ0) is 14.3. The number of hydrogen-bond donors (Lipinski definition) is 1. The van der Waals surface area contributed by atoms with Gasteiger partial charge in [0.05, 0.1) is 7.11 Å². The summed E-state index contributed by atoms with van der Waals surface area (Å²) in [6.45, 7) is 10.2. The van der Waals surface area contributed by atoms with Crippen LogP contribution in [0.1, 0.15) is 46.1 Å². The summed E-state index contributed by atoms with van der Waals surface area (Å²) < 4.78 is 5.17. The van der Waals surface area contributed by atoms with Gasteiger partial charge >= 0.3 is 0 Å². The van der Waals surface area contributed by atoms with Crippen LogP contribution in [0.15, 0.2) is 24.3 Å². The van der Waals surface area contributed by atoms with Crippen molar-refractivity contribution in [3.8, 4) is 5.75 Å². The molecule has 0 bridgehead atoms. The highest BCUT2D eigenvalue weighted by Crippen LogP contribution is 2.17. The lowest BCUT2D eigenvalue weighted by molar-refractivity contribution is 0.353. The van der Waals surface area contributed by atoms with E-state index in [0.717, 1.165) is 18.7 Å². The molecule has 0 saturated heterocycles. The highest BCUT2D eigenvalue weighted by atomic mass is 16.5. The smallest absolute Gasteiger partial charge is 0.118 e. The van der Waals surface area contributed by atoms with Crippen molar-refractivity contribution in [2.24, 2.45) is 5.41 Å². The van der Waals surface area contributed by atoms with Gasteiger partial charge in [0.15, 0.2) is 0 Å². The van der Waals surface area contributed by atoms with Gasteiger partial charge in [-0.2, -0.15) is 0 Å². The minimum Gasteiger partial charge on any atom is -0.497 e. The van der Waals surface area contributed by atoms with Gasteiger partial charge in [0, 0.05) is 6.04 Å². The van der Waals surface area contributed by atoms with Gasteiger partial charge in [-0.25, -0.2) is 0 Å². The highest BCUT2D eigenvalue weighted by molar-refractivity contribution is 5.27. The maximum atomic E-state index is 5.17. The molecule has 2 nitrogen and oxygen atoms in total. The van der Waals surface area contributed by atoms with E-state index in [1.54, 1.807) is 7.11 Å². The SMILES string of the molecule is COc1ccc(CCC(C)NCCC(C)(C)C)cc1. The lowest BCUT2D eigenvalue weighted by Gasteiger charge is -2.20. The Morgan fingerprint density at radius 3 is 2.32 bits per heavy atom. The molecule has 19 heavy (non-hydrogen) atoms. The molecule has 0 saturated carbocycles. The van der Waals surface area contributed by atoms with Crippen LogP contribution >= 0.6 is 0 Å². The van der Waals surface area contributed by atoms with Crippen molar-refractivity contribution in [3.63, 3.8) is 0 Å². The summed E-state index contributed by atoms with van der Waals surface area (Å²) in [5.41, 5.74) is 1.80. The molecule has 2 heteroatoms. The Morgan fingerprint density at radius 1 is 1.16 bits per heavy atom. The minimum atomic E-state index is 0.419. The van der Waals surface area contributed by atoms with Crippen LogP contribution in [0.2, 0.25) is 0 Å². The summed E-state index contributed by atoms with van der Waals surface area (Å²) >= 11 is 0. The summed E-state index contributed by atoms with van der Waals surface area (Å²) in [5, 5.41) is 3.61. The molecule has 0 aliphatic rings. The number of ether oxygens (including phenoxy) is 1. The van der Waals surface area contributed by atoms with Crippen molar-refractivity contribution in [1.29, 1.82) is 0 Å². The molecule has 0 radical (unpaired) electrons. The van der Waals surface area contributed by atoms with E-state index in [2.05, 4.69) is 45.1 Å². The molecule has 1 atom stereocenters. The largest absolute Gasteiger partial charge is 0.497 e. The van der Waals surface area contributed by atoms with Crippen LogP contribution in [0.4, 0.5) is 0 Å². The van der Waals surface area contributed by atoms with Gasteiger partial charge in [-0.05, 0) is 55.8 Å². The monoisotopic (exact) mass is 263 g/mol. The van der Waals surface area contributed by atoms with Crippen molar-refractivity contribution in [1.82, 2.24) is 5.32 Å². The molecule has 0 amide bonds. The van der Waals surface area contributed by atoms with Crippen molar-refractivity contribution in [2.75, 3.05) is 13.7 Å². The standard InChI is InChI=1S/C17H29NO/c1-14(18-13-12-17(2,3)4)6-7-15-8-10-16(19-5)11-9-15/h8-11,14,18H,6-7,12-13H2,1-5H3. The second-order valence-electron chi connectivity index (χ2n) is 6.55. The summed E-state index contributed by atoms with van der Waals surface area (Å²) in [5.74, 6) is 0.931. The molecule has 0 aromatic heterocycles. The second kappa shape index (κ2) is 7.54. The Kier molecular flexibility index (Phi) is 6.36. The van der Waals surface area contributed by atoms with Crippen LogP contribution in [0.5, 0.6) is 5.75 Å². The van der Waals surface area contributed by atoms with E-state index in [-0.39, 0.29) is 0 Å². The number of aryl methyl sites for hydroxylation is 1. The lowest BCUT2D eigenvalue weighted by Crippen LogP contribution is -2.29. The van der Waals surface area contributed by atoms with Crippen LogP contribution < -0.4 is 10.1 Å². The quantitative estimate of drug-likeness (QED) is 0.801. The summed E-state index contributed by atoms with van der Waals surface area (Å²) in [6.07, 6.45) is 3.52. The van der Waals surface area contributed by atoms with E-state index in [1.165, 1.54) is 18.4 Å². The van der Waals surface area contributed by atoms with Crippen molar-refractivity contribution in [3.05, 3.63) is 29.8 Å². The minimum absolute atomic E-state index is 0.419. The Hall–Kier alpha value is -1.02. The van der Waals surface area contributed by atoms with Gasteiger partial charge in [0.1, 0.15) is 5.75 Å². The molecule has 1 aromatic rings. The first kappa shape index (κ1) is 16.0. The van der Waals surface area contributed by atoms with E-state index in [4.69, 9.17) is 4.74 Å². The van der Waals surface area contributed by atoms with Crippen LogP contribution in [-0.4, -0.2) is 19.7 Å². The first-order valence-corrected chi connectivity index (χ1v) is 7.27. The van der Waals surface area contributed by atoms with Crippen LogP contribution in [0.25, 0.3) is 0 Å². The van der Waals surface area contributed by atoms with E-state index in [1.807, 2.05) is 12.1 Å². The average molecular weight is 263 g/mol. The first-order chi connectivity index (χ1) is 8.90. The van der Waals surface area contributed by atoms with Crippen molar-refractivity contribution < 1.29 is 4.74 Å². The topological polar surface area (TPSA) is 21.3 Å². The zero-order valence-corrected chi connectivity index (χ0v) is 13.1. The highest BCUT2D eigenvalue weighted by Gasteiger charge is 2.10. The van der Waals surface area contributed by atoms with Gasteiger partial charge in [-0.1, -0.05) is 32.9 Å². The summed E-state index contributed by atoms with van der Waals surface area (Å²) in [6, 6.07) is 8.95. The average Bonchev–Trinajstić information content (AvgIpc) is 2.35. The maximum absolute atomic E-state index is 5.17. The van der Waals surface area contributed by atoms with Gasteiger partial charge in [0.2, 0.25) is 0 Å². The molecule has 0 aliphatic heterocycles. The van der Waals surface area contributed by atoms with E-state index < -0.39 is 0 Å². The fraction of sp³-hybridized carbons (Fsp3) is 0.647. The fourth-order valence-electron chi connectivity index (χ4n) is 1.97. The number of rotatable bonds is 7. The Balaban J connectivity index is 2.23. The number of nitrogens with one attached hydrogen (secondary N) is 1. The molecule has 0 heterocycles. The third-order valence-corrected chi connectivity index (χ3v) is 3.39. The molecular formula is C17H29NO. The Morgan fingerprint density at radius 2 is 1.79 bits per heavy atom. The molecule has 0 spiro atoms. The molecule has 1 rings (SSSR count). The first-order valence-electron chi connectivity index (χ1n) is 7.27. The van der Waals surface area contributed by atoms with E-state index >= 15 is 0 Å². The summed E-state index contributed by atoms with van der Waals surface area (Å²) in [7, 11) is 1.70. The van der Waals surface area contributed by atoms with E-state index in [9.17, 15) is 0 Å². The normalized spacial score (nSPS) is 13.3. The van der Waals surface area contributed by atoms with Crippen LogP contribution in [0.3, 0.4) is 0 Å². The molecule has 0 aliphatic carbocycles. The maximum Gasteiger partial charge on any atom is 0.118 e. The van der Waals surface area contributed by atoms with Gasteiger partial charge in [-0.3, -0.25) is 0 Å². The third-order valence-electron chi connectivity index (χ3n) is 3.39. The number of hydrogen-bond acceptors (Lipinski definition) is 2. The van der Waals surface area contributed by atoms with Crippen molar-refractivity contribution >= 4 is 0 Å². The molecule has 108 valence electrons. The fourth-order valence-corrected chi connectivity index (χ4v) is 1.97. The molecule has 0 fully saturated rings. The predicted octanol–water partition coefficient (Wildman–Crippen LogP) is 4.04. The third kappa shape index (κ3) is 7.22. The van der Waals surface area contributed by atoms with Crippen LogP contribution in [0, 0.1) is 5.41 Å². The number of benzene rings is 1. The summed E-state index contributed by atoms with van der Waals surface area (Å²) in [4.78, 5) is 0. The molecule has 1 N–H and O–H groups in total. The molecular weight excluding hydrogens is 234 g/mol. The predicted molar refractivity (Wildman–Crippen MR) is 82.9 cm³/mol. The van der Waals surface area contributed by atoms with Gasteiger partial charge in [0.25, 0.3) is 0 Å². The zero-order valence-electron chi connectivity index (χ0n) is 13.1. The van der Waals surface area contributed by atoms with Crippen LogP contribution in [-0.2, 0) is 6.42 Å². The van der Waals surface area contributed by atoms with Gasteiger partial charge in [-0.15, -0.1) is 0 Å². The second-order valence-corrected chi connectivity index (χ2v) is 6.55. The Labute approximate surface area is 118 Å². The van der Waals surface area contributed by atoms with Crippen molar-refractivity contribution in [2.45, 2.75) is 53.0 Å². The van der Waals surface area contributed by atoms with Gasteiger partial charge < -0.3 is 10.1 Å². The number of methoxy groups -OCH3 is 1. The Bertz CT molecular complexity index is 351. The molecule has 1 aromatic carbocycles. The molecule has 1 unspecified atom stereocenters. The lowest BCUT2D eigenvalue weighted by atomic mass is 9.92. The van der Waals surface area contributed by atoms with E-state index in [0.29, 0.717) is 11.5 Å².